The van der Waals surface area contributed by atoms with Gasteiger partial charge in [-0.15, -0.1) is 0 Å². The first-order valence-corrected chi connectivity index (χ1v) is 4.61. The van der Waals surface area contributed by atoms with Crippen LogP contribution < -0.4 is 0 Å². The van der Waals surface area contributed by atoms with Gasteiger partial charge in [0.1, 0.15) is 5.69 Å². The largest absolute Gasteiger partial charge is 0.389 e. The van der Waals surface area contributed by atoms with Gasteiger partial charge in [-0.2, -0.15) is 0 Å². The zero-order valence-electron chi connectivity index (χ0n) is 8.83. The van der Waals surface area contributed by atoms with Crippen molar-refractivity contribution < 1.29 is 5.11 Å². The average Bonchev–Trinajstić information content (AvgIpc) is 2.06. The van der Waals surface area contributed by atoms with Crippen molar-refractivity contribution in [2.24, 2.45) is 0 Å². The molecule has 1 heterocycles. The van der Waals surface area contributed by atoms with Crippen LogP contribution in [0.1, 0.15) is 31.5 Å². The van der Waals surface area contributed by atoms with Crippen molar-refractivity contribution in [1.82, 2.24) is 4.98 Å². The number of rotatable bonds is 1. The van der Waals surface area contributed by atoms with Crippen LogP contribution in [0.15, 0.2) is 18.3 Å². The van der Waals surface area contributed by atoms with Gasteiger partial charge in [-0.1, -0.05) is 12.0 Å². The first kappa shape index (κ1) is 10.7. The highest BCUT2D eigenvalue weighted by atomic mass is 16.3. The van der Waals surface area contributed by atoms with Crippen molar-refractivity contribution in [3.8, 4) is 11.8 Å². The number of aliphatic hydroxyl groups is 1. The summed E-state index contributed by atoms with van der Waals surface area (Å²) in [7, 11) is 0. The van der Waals surface area contributed by atoms with E-state index in [0.29, 0.717) is 6.42 Å². The van der Waals surface area contributed by atoms with Gasteiger partial charge in [-0.3, -0.25) is 0 Å². The summed E-state index contributed by atoms with van der Waals surface area (Å²) in [5.41, 5.74) is 1.15. The lowest BCUT2D eigenvalue weighted by atomic mass is 10.1. The van der Waals surface area contributed by atoms with Crippen LogP contribution in [0.25, 0.3) is 0 Å². The molecule has 0 spiro atoms. The molecule has 0 atom stereocenters. The summed E-state index contributed by atoms with van der Waals surface area (Å²) < 4.78 is 0. The van der Waals surface area contributed by atoms with E-state index in [1.807, 2.05) is 19.1 Å². The van der Waals surface area contributed by atoms with E-state index in [9.17, 15) is 5.11 Å². The maximum absolute atomic E-state index is 9.42. The third-order valence-corrected chi connectivity index (χ3v) is 1.65. The smallest absolute Gasteiger partial charge is 0.113 e. The molecule has 1 N–H and O–H groups in total. The summed E-state index contributed by atoms with van der Waals surface area (Å²) in [5, 5.41) is 9.42. The minimum absolute atomic E-state index is 0.461. The van der Waals surface area contributed by atoms with Crippen LogP contribution in [-0.4, -0.2) is 15.7 Å². The zero-order valence-corrected chi connectivity index (χ0v) is 8.83. The second-order valence-corrected chi connectivity index (χ2v) is 4.01. The first-order chi connectivity index (χ1) is 6.47. The SMILES string of the molecule is Cc1ccc(C#CCC(C)(C)O)nc1. The van der Waals surface area contributed by atoms with Gasteiger partial charge in [-0.25, -0.2) is 4.98 Å². The normalized spacial score (nSPS) is 10.6. The molecular weight excluding hydrogens is 174 g/mol. The number of hydrogen-bond donors (Lipinski definition) is 1. The van der Waals surface area contributed by atoms with Crippen LogP contribution in [0.4, 0.5) is 0 Å². The molecule has 0 unspecified atom stereocenters. The molecular formula is C12H15NO. The Labute approximate surface area is 85.0 Å². The first-order valence-electron chi connectivity index (χ1n) is 4.61. The molecule has 2 nitrogen and oxygen atoms in total. The Morgan fingerprint density at radius 2 is 2.14 bits per heavy atom. The minimum atomic E-state index is -0.725. The summed E-state index contributed by atoms with van der Waals surface area (Å²) in [6.45, 7) is 5.47. The van der Waals surface area contributed by atoms with Crippen LogP contribution in [-0.2, 0) is 0 Å². The molecule has 0 fully saturated rings. The highest BCUT2D eigenvalue weighted by molar-refractivity contribution is 5.28. The Morgan fingerprint density at radius 3 is 2.64 bits per heavy atom. The Morgan fingerprint density at radius 1 is 1.43 bits per heavy atom. The van der Waals surface area contributed by atoms with E-state index in [1.54, 1.807) is 20.0 Å². The highest BCUT2D eigenvalue weighted by Crippen LogP contribution is 2.05. The monoisotopic (exact) mass is 189 g/mol. The molecule has 2 heteroatoms. The molecule has 0 aliphatic rings. The van der Waals surface area contributed by atoms with Gasteiger partial charge in [0.2, 0.25) is 0 Å². The maximum atomic E-state index is 9.42. The van der Waals surface area contributed by atoms with E-state index in [1.165, 1.54) is 0 Å². The third kappa shape index (κ3) is 4.06. The van der Waals surface area contributed by atoms with Gasteiger partial charge in [0.25, 0.3) is 0 Å². The lowest BCUT2D eigenvalue weighted by molar-refractivity contribution is 0.0862. The molecule has 1 rings (SSSR count). The van der Waals surface area contributed by atoms with Gasteiger partial charge in [0, 0.05) is 12.6 Å². The fraction of sp³-hybridized carbons (Fsp3) is 0.417. The summed E-state index contributed by atoms with van der Waals surface area (Å²) in [6.07, 6.45) is 2.25. The Balaban J connectivity index is 2.64. The molecule has 0 aliphatic heterocycles. The average molecular weight is 189 g/mol. The van der Waals surface area contributed by atoms with Gasteiger partial charge in [-0.05, 0) is 38.3 Å². The van der Waals surface area contributed by atoms with Crippen molar-refractivity contribution >= 4 is 0 Å². The highest BCUT2D eigenvalue weighted by Gasteiger charge is 2.08. The summed E-state index contributed by atoms with van der Waals surface area (Å²) in [6, 6.07) is 3.85. The van der Waals surface area contributed by atoms with E-state index in [0.717, 1.165) is 11.3 Å². The van der Waals surface area contributed by atoms with E-state index < -0.39 is 5.60 Å². The fourth-order valence-electron chi connectivity index (χ4n) is 0.893. The molecule has 0 aromatic carbocycles. The van der Waals surface area contributed by atoms with Crippen LogP contribution >= 0.6 is 0 Å². The van der Waals surface area contributed by atoms with Crippen LogP contribution in [0.2, 0.25) is 0 Å². The van der Waals surface area contributed by atoms with E-state index >= 15 is 0 Å². The molecule has 1 aromatic heterocycles. The Kier molecular flexibility index (Phi) is 3.27. The van der Waals surface area contributed by atoms with E-state index in [2.05, 4.69) is 16.8 Å². The topological polar surface area (TPSA) is 33.1 Å². The van der Waals surface area contributed by atoms with Crippen LogP contribution in [0, 0.1) is 18.8 Å². The Hall–Kier alpha value is -1.33. The predicted molar refractivity (Wildman–Crippen MR) is 56.8 cm³/mol. The van der Waals surface area contributed by atoms with Crippen LogP contribution in [0.5, 0.6) is 0 Å². The van der Waals surface area contributed by atoms with Gasteiger partial charge < -0.3 is 5.11 Å². The quantitative estimate of drug-likeness (QED) is 0.684. The Bertz CT molecular complexity index is 349. The van der Waals surface area contributed by atoms with E-state index in [-0.39, 0.29) is 0 Å². The van der Waals surface area contributed by atoms with Crippen molar-refractivity contribution in [2.45, 2.75) is 32.8 Å². The zero-order chi connectivity index (χ0) is 10.6. The third-order valence-electron chi connectivity index (χ3n) is 1.65. The number of aromatic nitrogens is 1. The van der Waals surface area contributed by atoms with Gasteiger partial charge in [0.05, 0.1) is 5.60 Å². The lowest BCUT2D eigenvalue weighted by Crippen LogP contribution is -2.16. The molecule has 0 bridgehead atoms. The number of aryl methyl sites for hydroxylation is 1. The predicted octanol–water partition coefficient (Wildman–Crippen LogP) is 1.90. The van der Waals surface area contributed by atoms with Gasteiger partial charge >= 0.3 is 0 Å². The molecule has 0 aliphatic carbocycles. The summed E-state index contributed by atoms with van der Waals surface area (Å²) in [5.74, 6) is 5.81. The van der Waals surface area contributed by atoms with Crippen molar-refractivity contribution in [3.63, 3.8) is 0 Å². The molecule has 0 saturated heterocycles. The molecule has 0 radical (unpaired) electrons. The second kappa shape index (κ2) is 4.26. The molecule has 0 saturated carbocycles. The fourth-order valence-corrected chi connectivity index (χ4v) is 0.893. The maximum Gasteiger partial charge on any atom is 0.113 e. The molecule has 1 aromatic rings. The number of pyridine rings is 1. The standard InChI is InChI=1S/C12H15NO/c1-10-6-7-11(13-9-10)5-4-8-12(2,3)14/h6-7,9,14H,8H2,1-3H3. The lowest BCUT2D eigenvalue weighted by Gasteiger charge is -2.11. The molecule has 74 valence electrons. The van der Waals surface area contributed by atoms with E-state index in [4.69, 9.17) is 0 Å². The number of nitrogens with zero attached hydrogens (tertiary/aromatic N) is 1. The molecule has 14 heavy (non-hydrogen) atoms. The minimum Gasteiger partial charge on any atom is -0.389 e. The second-order valence-electron chi connectivity index (χ2n) is 4.01. The van der Waals surface area contributed by atoms with Crippen molar-refractivity contribution in [3.05, 3.63) is 29.6 Å². The van der Waals surface area contributed by atoms with Crippen LogP contribution in [0.3, 0.4) is 0 Å². The van der Waals surface area contributed by atoms with Crippen molar-refractivity contribution in [1.29, 1.82) is 0 Å². The van der Waals surface area contributed by atoms with Gasteiger partial charge in [0.15, 0.2) is 0 Å². The summed E-state index contributed by atoms with van der Waals surface area (Å²) >= 11 is 0. The number of hydrogen-bond acceptors (Lipinski definition) is 2. The molecule has 0 amide bonds. The summed E-state index contributed by atoms with van der Waals surface area (Å²) in [4.78, 5) is 4.14. The van der Waals surface area contributed by atoms with Crippen molar-refractivity contribution in [2.75, 3.05) is 0 Å².